The van der Waals surface area contributed by atoms with Crippen LogP contribution in [0.5, 0.6) is 5.75 Å². The lowest BCUT2D eigenvalue weighted by Crippen LogP contribution is -2.26. The molecule has 0 unspecified atom stereocenters. The molecule has 0 atom stereocenters. The van der Waals surface area contributed by atoms with Crippen molar-refractivity contribution in [1.29, 1.82) is 0 Å². The third kappa shape index (κ3) is 3.59. The van der Waals surface area contributed by atoms with Crippen molar-refractivity contribution in [2.24, 2.45) is 5.41 Å². The number of anilines is 1. The van der Waals surface area contributed by atoms with Crippen LogP contribution in [0.25, 0.3) is 0 Å². The molecule has 6 nitrogen and oxygen atoms in total. The van der Waals surface area contributed by atoms with Crippen LogP contribution in [0.3, 0.4) is 0 Å². The van der Waals surface area contributed by atoms with Gasteiger partial charge in [0.25, 0.3) is 0 Å². The lowest BCUT2D eigenvalue weighted by molar-refractivity contribution is -0.385. The van der Waals surface area contributed by atoms with Gasteiger partial charge in [-0.05, 0) is 6.07 Å². The number of hydrogen-bond donors (Lipinski definition) is 2. The Hall–Kier alpha value is -1.82. The third-order valence-electron chi connectivity index (χ3n) is 2.58. The molecule has 100 valence electrons. The summed E-state index contributed by atoms with van der Waals surface area (Å²) in [5.41, 5.74) is 0.401. The fourth-order valence-corrected chi connectivity index (χ4v) is 1.34. The van der Waals surface area contributed by atoms with E-state index >= 15 is 0 Å². The summed E-state index contributed by atoms with van der Waals surface area (Å²) in [7, 11) is 1.39. The van der Waals surface area contributed by atoms with Gasteiger partial charge in [0.05, 0.1) is 12.0 Å². The first-order chi connectivity index (χ1) is 8.39. The van der Waals surface area contributed by atoms with E-state index in [0.29, 0.717) is 6.54 Å². The standard InChI is InChI=1S/C12H18N2O4/c1-12(2,8-15)7-13-9-4-5-10(14(16)17)11(6-9)18-3/h4-6,13,15H,7-8H2,1-3H3. The van der Waals surface area contributed by atoms with Crippen LogP contribution in [-0.4, -0.2) is 30.3 Å². The molecule has 0 aliphatic carbocycles. The maximum atomic E-state index is 10.7. The minimum absolute atomic E-state index is 0.0596. The van der Waals surface area contributed by atoms with Gasteiger partial charge in [-0.3, -0.25) is 10.1 Å². The normalized spacial score (nSPS) is 11.1. The van der Waals surface area contributed by atoms with Gasteiger partial charge in [0.2, 0.25) is 0 Å². The van der Waals surface area contributed by atoms with Gasteiger partial charge in [0.15, 0.2) is 5.75 Å². The first-order valence-electron chi connectivity index (χ1n) is 5.57. The number of nitro groups is 1. The van der Waals surface area contributed by atoms with E-state index in [-0.39, 0.29) is 23.5 Å². The number of benzene rings is 1. The summed E-state index contributed by atoms with van der Waals surface area (Å²) in [5.74, 6) is 0.215. The van der Waals surface area contributed by atoms with E-state index in [0.717, 1.165) is 5.69 Å². The first-order valence-corrected chi connectivity index (χ1v) is 5.57. The van der Waals surface area contributed by atoms with E-state index in [9.17, 15) is 10.1 Å². The number of nitro benzene ring substituents is 1. The Morgan fingerprint density at radius 1 is 1.50 bits per heavy atom. The molecule has 1 aromatic carbocycles. The molecular weight excluding hydrogens is 236 g/mol. The van der Waals surface area contributed by atoms with E-state index in [2.05, 4.69) is 5.32 Å². The molecule has 0 heterocycles. The Morgan fingerprint density at radius 3 is 2.67 bits per heavy atom. The molecular formula is C12H18N2O4. The van der Waals surface area contributed by atoms with Gasteiger partial charge < -0.3 is 15.2 Å². The quantitative estimate of drug-likeness (QED) is 0.599. The second kappa shape index (κ2) is 5.68. The molecule has 0 fully saturated rings. The Balaban J connectivity index is 2.83. The van der Waals surface area contributed by atoms with E-state index < -0.39 is 4.92 Å². The number of ether oxygens (including phenoxy) is 1. The van der Waals surface area contributed by atoms with Crippen molar-refractivity contribution in [3.05, 3.63) is 28.3 Å². The maximum absolute atomic E-state index is 10.7. The number of methoxy groups -OCH3 is 1. The van der Waals surface area contributed by atoms with Crippen molar-refractivity contribution in [3.63, 3.8) is 0 Å². The molecule has 6 heteroatoms. The molecule has 0 radical (unpaired) electrons. The molecule has 1 aromatic rings. The predicted octanol–water partition coefficient (Wildman–Crippen LogP) is 2.03. The zero-order valence-corrected chi connectivity index (χ0v) is 10.8. The Morgan fingerprint density at radius 2 is 2.17 bits per heavy atom. The fraction of sp³-hybridized carbons (Fsp3) is 0.500. The maximum Gasteiger partial charge on any atom is 0.311 e. The van der Waals surface area contributed by atoms with E-state index in [1.165, 1.54) is 13.2 Å². The molecule has 0 amide bonds. The summed E-state index contributed by atoms with van der Waals surface area (Å²) in [6.07, 6.45) is 0. The topological polar surface area (TPSA) is 84.6 Å². The molecule has 0 spiro atoms. The van der Waals surface area contributed by atoms with Crippen molar-refractivity contribution in [1.82, 2.24) is 0 Å². The smallest absolute Gasteiger partial charge is 0.311 e. The number of nitrogens with one attached hydrogen (secondary N) is 1. The van der Waals surface area contributed by atoms with Gasteiger partial charge in [-0.25, -0.2) is 0 Å². The monoisotopic (exact) mass is 254 g/mol. The van der Waals surface area contributed by atoms with Crippen molar-refractivity contribution in [2.75, 3.05) is 25.6 Å². The Labute approximate surface area is 106 Å². The van der Waals surface area contributed by atoms with Crippen LogP contribution in [0, 0.1) is 15.5 Å². The molecule has 0 aliphatic rings. The zero-order chi connectivity index (χ0) is 13.8. The highest BCUT2D eigenvalue weighted by atomic mass is 16.6. The number of aliphatic hydroxyl groups excluding tert-OH is 1. The Bertz CT molecular complexity index is 432. The minimum Gasteiger partial charge on any atom is -0.490 e. The molecule has 0 saturated heterocycles. The number of aliphatic hydroxyl groups is 1. The van der Waals surface area contributed by atoms with Crippen LogP contribution < -0.4 is 10.1 Å². The van der Waals surface area contributed by atoms with Crippen molar-refractivity contribution < 1.29 is 14.8 Å². The summed E-state index contributed by atoms with van der Waals surface area (Å²) in [6, 6.07) is 4.59. The van der Waals surface area contributed by atoms with Gasteiger partial charge in [-0.15, -0.1) is 0 Å². The van der Waals surface area contributed by atoms with Gasteiger partial charge in [-0.1, -0.05) is 13.8 Å². The summed E-state index contributed by atoms with van der Waals surface area (Å²) >= 11 is 0. The number of hydrogen-bond acceptors (Lipinski definition) is 5. The first kappa shape index (κ1) is 14.2. The number of rotatable bonds is 6. The van der Waals surface area contributed by atoms with Crippen LogP contribution in [-0.2, 0) is 0 Å². The van der Waals surface area contributed by atoms with E-state index in [4.69, 9.17) is 9.84 Å². The van der Waals surface area contributed by atoms with Gasteiger partial charge in [0.1, 0.15) is 0 Å². The number of nitrogens with zero attached hydrogens (tertiary/aromatic N) is 1. The predicted molar refractivity (Wildman–Crippen MR) is 69.0 cm³/mol. The minimum atomic E-state index is -0.486. The van der Waals surface area contributed by atoms with Crippen molar-refractivity contribution in [3.8, 4) is 5.75 Å². The van der Waals surface area contributed by atoms with Crippen LogP contribution >= 0.6 is 0 Å². The Kier molecular flexibility index (Phi) is 4.49. The second-order valence-corrected chi connectivity index (χ2v) is 4.82. The second-order valence-electron chi connectivity index (χ2n) is 4.82. The van der Waals surface area contributed by atoms with Crippen LogP contribution in [0.1, 0.15) is 13.8 Å². The highest BCUT2D eigenvalue weighted by Gasteiger charge is 2.18. The third-order valence-corrected chi connectivity index (χ3v) is 2.58. The average Bonchev–Trinajstić information content (AvgIpc) is 2.36. The highest BCUT2D eigenvalue weighted by Crippen LogP contribution is 2.30. The van der Waals surface area contributed by atoms with E-state index in [1.807, 2.05) is 13.8 Å². The summed E-state index contributed by atoms with van der Waals surface area (Å²) < 4.78 is 4.97. The zero-order valence-electron chi connectivity index (χ0n) is 10.8. The lowest BCUT2D eigenvalue weighted by Gasteiger charge is -2.22. The molecule has 0 bridgehead atoms. The van der Waals surface area contributed by atoms with Crippen LogP contribution in [0.15, 0.2) is 18.2 Å². The molecule has 0 aliphatic heterocycles. The molecule has 2 N–H and O–H groups in total. The lowest BCUT2D eigenvalue weighted by atomic mass is 9.95. The molecule has 1 rings (SSSR count). The highest BCUT2D eigenvalue weighted by molar-refractivity contribution is 5.58. The van der Waals surface area contributed by atoms with Gasteiger partial charge >= 0.3 is 5.69 Å². The van der Waals surface area contributed by atoms with Gasteiger partial charge in [0, 0.05) is 36.4 Å². The molecule has 0 aromatic heterocycles. The summed E-state index contributed by atoms with van der Waals surface area (Å²) in [6.45, 7) is 4.46. The van der Waals surface area contributed by atoms with Crippen LogP contribution in [0.4, 0.5) is 11.4 Å². The molecule has 0 saturated carbocycles. The van der Waals surface area contributed by atoms with Gasteiger partial charge in [-0.2, -0.15) is 0 Å². The fourth-order valence-electron chi connectivity index (χ4n) is 1.34. The average molecular weight is 254 g/mol. The van der Waals surface area contributed by atoms with E-state index in [1.54, 1.807) is 12.1 Å². The SMILES string of the molecule is COc1cc(NCC(C)(C)CO)ccc1[N+](=O)[O-]. The molecule has 18 heavy (non-hydrogen) atoms. The summed E-state index contributed by atoms with van der Waals surface area (Å²) in [5, 5.41) is 23.0. The summed E-state index contributed by atoms with van der Waals surface area (Å²) in [4.78, 5) is 10.2. The van der Waals surface area contributed by atoms with Crippen molar-refractivity contribution in [2.45, 2.75) is 13.8 Å². The largest absolute Gasteiger partial charge is 0.490 e. The van der Waals surface area contributed by atoms with Crippen LogP contribution in [0.2, 0.25) is 0 Å². The van der Waals surface area contributed by atoms with Crippen molar-refractivity contribution >= 4 is 11.4 Å².